The third kappa shape index (κ3) is 3.92. The van der Waals surface area contributed by atoms with E-state index in [0.717, 1.165) is 66.7 Å². The lowest BCUT2D eigenvalue weighted by Gasteiger charge is -2.12. The van der Waals surface area contributed by atoms with Crippen molar-refractivity contribution in [3.05, 3.63) is 152 Å². The molecule has 4 nitrogen and oxygen atoms in total. The van der Waals surface area contributed by atoms with Crippen molar-refractivity contribution in [3.63, 3.8) is 0 Å². The van der Waals surface area contributed by atoms with Gasteiger partial charge in [-0.05, 0) is 36.4 Å². The van der Waals surface area contributed by atoms with E-state index in [9.17, 15) is 0 Å². The highest BCUT2D eigenvalue weighted by atomic mass is 16.3. The molecule has 3 heterocycles. The molecule has 206 valence electrons. The van der Waals surface area contributed by atoms with Crippen molar-refractivity contribution in [2.75, 3.05) is 0 Å². The van der Waals surface area contributed by atoms with E-state index in [1.54, 1.807) is 0 Å². The number of aromatic nitrogens is 3. The summed E-state index contributed by atoms with van der Waals surface area (Å²) in [6.45, 7) is 0. The van der Waals surface area contributed by atoms with Crippen molar-refractivity contribution in [1.82, 2.24) is 14.5 Å². The average molecular weight is 564 g/mol. The minimum atomic E-state index is 0.687. The maximum Gasteiger partial charge on any atom is 0.160 e. The molecule has 0 aliphatic rings. The van der Waals surface area contributed by atoms with Gasteiger partial charge in [0, 0.05) is 50.0 Å². The Morgan fingerprint density at radius 2 is 1.05 bits per heavy atom. The average Bonchev–Trinajstić information content (AvgIpc) is 3.62. The van der Waals surface area contributed by atoms with Crippen LogP contribution in [-0.4, -0.2) is 14.5 Å². The maximum absolute atomic E-state index is 6.32. The predicted octanol–water partition coefficient (Wildman–Crippen LogP) is 10.5. The van der Waals surface area contributed by atoms with E-state index in [0.29, 0.717) is 5.82 Å². The van der Waals surface area contributed by atoms with Crippen molar-refractivity contribution in [2.45, 2.75) is 0 Å². The van der Waals surface area contributed by atoms with Crippen LogP contribution in [0.25, 0.3) is 83.3 Å². The summed E-state index contributed by atoms with van der Waals surface area (Å²) >= 11 is 0. The van der Waals surface area contributed by atoms with Crippen LogP contribution in [0.1, 0.15) is 0 Å². The number of para-hydroxylation sites is 2. The lowest BCUT2D eigenvalue weighted by Crippen LogP contribution is -1.98. The summed E-state index contributed by atoms with van der Waals surface area (Å²) in [5.74, 6) is 0.687. The molecule has 0 saturated heterocycles. The molecular formula is C40H25N3O. The summed E-state index contributed by atoms with van der Waals surface area (Å²) in [6.07, 6.45) is 0. The van der Waals surface area contributed by atoms with Gasteiger partial charge in [-0.1, -0.05) is 109 Å². The Bertz CT molecular complexity index is 2430. The third-order valence-corrected chi connectivity index (χ3v) is 8.40. The van der Waals surface area contributed by atoms with Crippen molar-refractivity contribution in [1.29, 1.82) is 0 Å². The summed E-state index contributed by atoms with van der Waals surface area (Å²) in [5.41, 5.74) is 9.91. The zero-order valence-electron chi connectivity index (χ0n) is 23.7. The van der Waals surface area contributed by atoms with Gasteiger partial charge in [-0.25, -0.2) is 9.97 Å². The van der Waals surface area contributed by atoms with E-state index in [2.05, 4.69) is 108 Å². The SMILES string of the molecule is c1ccc(-c2cc(-c3ccccc3)nc(-c3cccc(-n4c5ccccc5c5cc6c(cc54)oc4ccccc46)c3)n2)cc1. The molecule has 0 aliphatic carbocycles. The number of fused-ring (bicyclic) bond motifs is 6. The Morgan fingerprint density at radius 3 is 1.80 bits per heavy atom. The Balaban J connectivity index is 1.27. The van der Waals surface area contributed by atoms with E-state index in [4.69, 9.17) is 14.4 Å². The number of hydrogen-bond acceptors (Lipinski definition) is 3. The molecule has 6 aromatic carbocycles. The van der Waals surface area contributed by atoms with Gasteiger partial charge >= 0.3 is 0 Å². The van der Waals surface area contributed by atoms with Crippen molar-refractivity contribution in [2.24, 2.45) is 0 Å². The molecule has 9 aromatic rings. The van der Waals surface area contributed by atoms with Gasteiger partial charge in [-0.2, -0.15) is 0 Å². The molecule has 0 radical (unpaired) electrons. The number of hydrogen-bond donors (Lipinski definition) is 0. The Kier molecular flexibility index (Phi) is 5.47. The van der Waals surface area contributed by atoms with Crippen LogP contribution < -0.4 is 0 Å². The molecule has 44 heavy (non-hydrogen) atoms. The number of furan rings is 1. The van der Waals surface area contributed by atoms with Gasteiger partial charge in [-0.15, -0.1) is 0 Å². The molecule has 3 aromatic heterocycles. The number of nitrogens with zero attached hydrogens (tertiary/aromatic N) is 3. The van der Waals surface area contributed by atoms with E-state index in [-0.39, 0.29) is 0 Å². The highest BCUT2D eigenvalue weighted by Crippen LogP contribution is 2.38. The van der Waals surface area contributed by atoms with E-state index < -0.39 is 0 Å². The molecule has 0 amide bonds. The molecule has 0 unspecified atom stereocenters. The van der Waals surface area contributed by atoms with Crippen LogP contribution in [0.15, 0.2) is 156 Å². The molecule has 4 heteroatoms. The van der Waals surface area contributed by atoms with E-state index in [1.807, 2.05) is 48.5 Å². The fraction of sp³-hybridized carbons (Fsp3) is 0. The number of benzene rings is 6. The van der Waals surface area contributed by atoms with Crippen LogP contribution in [0.4, 0.5) is 0 Å². The smallest absolute Gasteiger partial charge is 0.160 e. The molecule has 0 atom stereocenters. The van der Waals surface area contributed by atoms with Gasteiger partial charge < -0.3 is 8.98 Å². The Morgan fingerprint density at radius 1 is 0.409 bits per heavy atom. The molecule has 0 saturated carbocycles. The standard InChI is InChI=1S/C40H25N3O/c1-3-12-26(13-4-1)34-24-35(27-14-5-2-6-15-27)42-40(41-34)28-16-11-17-29(22-28)43-36-20-9-7-18-30(36)32-23-33-31-19-8-10-21-38(31)44-39(33)25-37(32)43/h1-25H. The maximum atomic E-state index is 6.32. The van der Waals surface area contributed by atoms with Crippen LogP contribution in [0.3, 0.4) is 0 Å². The number of rotatable bonds is 4. The highest BCUT2D eigenvalue weighted by Gasteiger charge is 2.17. The molecule has 0 fully saturated rings. The van der Waals surface area contributed by atoms with E-state index >= 15 is 0 Å². The summed E-state index contributed by atoms with van der Waals surface area (Å²) in [7, 11) is 0. The van der Waals surface area contributed by atoms with Crippen LogP contribution >= 0.6 is 0 Å². The van der Waals surface area contributed by atoms with Crippen LogP contribution in [0.2, 0.25) is 0 Å². The first-order chi connectivity index (χ1) is 21.8. The highest BCUT2D eigenvalue weighted by molar-refractivity contribution is 6.17. The second-order valence-corrected chi connectivity index (χ2v) is 11.1. The predicted molar refractivity (Wildman–Crippen MR) is 180 cm³/mol. The van der Waals surface area contributed by atoms with E-state index in [1.165, 1.54) is 10.8 Å². The van der Waals surface area contributed by atoms with Gasteiger partial charge in [0.1, 0.15) is 11.2 Å². The van der Waals surface area contributed by atoms with Crippen molar-refractivity contribution < 1.29 is 4.42 Å². The first-order valence-electron chi connectivity index (χ1n) is 14.8. The molecule has 9 rings (SSSR count). The van der Waals surface area contributed by atoms with Gasteiger partial charge in [-0.3, -0.25) is 0 Å². The van der Waals surface area contributed by atoms with Crippen molar-refractivity contribution in [3.8, 4) is 39.6 Å². The zero-order valence-corrected chi connectivity index (χ0v) is 23.7. The summed E-state index contributed by atoms with van der Waals surface area (Å²) in [5, 5.41) is 4.66. The van der Waals surface area contributed by atoms with Crippen molar-refractivity contribution >= 4 is 43.7 Å². The lowest BCUT2D eigenvalue weighted by molar-refractivity contribution is 0.669. The normalized spacial score (nSPS) is 11.6. The first kappa shape index (κ1) is 24.6. The Hall–Kier alpha value is -6.00. The monoisotopic (exact) mass is 563 g/mol. The van der Waals surface area contributed by atoms with Crippen LogP contribution in [-0.2, 0) is 0 Å². The minimum Gasteiger partial charge on any atom is -0.456 e. The fourth-order valence-electron chi connectivity index (χ4n) is 6.34. The summed E-state index contributed by atoms with van der Waals surface area (Å²) in [4.78, 5) is 10.2. The third-order valence-electron chi connectivity index (χ3n) is 8.40. The molecular weight excluding hydrogens is 538 g/mol. The first-order valence-corrected chi connectivity index (χ1v) is 14.8. The van der Waals surface area contributed by atoms with Gasteiger partial charge in [0.15, 0.2) is 5.82 Å². The quantitative estimate of drug-likeness (QED) is 0.214. The second kappa shape index (κ2) is 9.79. The van der Waals surface area contributed by atoms with Crippen LogP contribution in [0.5, 0.6) is 0 Å². The molecule has 0 N–H and O–H groups in total. The summed E-state index contributed by atoms with van der Waals surface area (Å²) in [6, 6.07) is 52.5. The Labute approximate surface area is 253 Å². The topological polar surface area (TPSA) is 43.9 Å². The van der Waals surface area contributed by atoms with Gasteiger partial charge in [0.05, 0.1) is 22.4 Å². The lowest BCUT2D eigenvalue weighted by atomic mass is 10.1. The zero-order chi connectivity index (χ0) is 29.0. The molecule has 0 spiro atoms. The summed E-state index contributed by atoms with van der Waals surface area (Å²) < 4.78 is 8.64. The molecule has 0 aliphatic heterocycles. The molecule has 0 bridgehead atoms. The van der Waals surface area contributed by atoms with Gasteiger partial charge in [0.25, 0.3) is 0 Å². The fourth-order valence-corrected chi connectivity index (χ4v) is 6.34. The van der Waals surface area contributed by atoms with Crippen LogP contribution in [0, 0.1) is 0 Å². The second-order valence-electron chi connectivity index (χ2n) is 11.1. The minimum absolute atomic E-state index is 0.687. The van der Waals surface area contributed by atoms with Gasteiger partial charge in [0.2, 0.25) is 0 Å². The largest absolute Gasteiger partial charge is 0.456 e.